The summed E-state index contributed by atoms with van der Waals surface area (Å²) in [5.74, 6) is 1.73. The van der Waals surface area contributed by atoms with Gasteiger partial charge in [0.05, 0.1) is 13.2 Å². The Morgan fingerprint density at radius 3 is 2.41 bits per heavy atom. The van der Waals surface area contributed by atoms with Gasteiger partial charge in [-0.3, -0.25) is 4.90 Å². The maximum Gasteiger partial charge on any atom is 0.191 e. The zero-order valence-electron chi connectivity index (χ0n) is 17.2. The Bertz CT molecular complexity index is 527. The predicted molar refractivity (Wildman–Crippen MR) is 125 cm³/mol. The standard InChI is InChI=1S/C21H36N4O.HI/c1-4-22-21(23-12-15-26-5-2)24-16-19-6-8-20(9-7-19)17-25-13-10-18(3)11-14-25;/h6-9,18H,4-5,10-17H2,1-3H3,(H2,22,23,24);1H. The molecule has 154 valence electrons. The SMILES string of the molecule is CCNC(=NCc1ccc(CN2CCC(C)CC2)cc1)NCCOCC.I. The third-order valence-electron chi connectivity index (χ3n) is 4.81. The third kappa shape index (κ3) is 9.76. The molecular formula is C21H37IN4O. The summed E-state index contributed by atoms with van der Waals surface area (Å²) in [4.78, 5) is 7.23. The second-order valence-corrected chi connectivity index (χ2v) is 7.09. The van der Waals surface area contributed by atoms with Crippen LogP contribution in [0.2, 0.25) is 0 Å². The molecule has 0 aromatic heterocycles. The van der Waals surface area contributed by atoms with Crippen LogP contribution in [0.4, 0.5) is 0 Å². The molecule has 0 unspecified atom stereocenters. The number of ether oxygens (including phenoxy) is 1. The van der Waals surface area contributed by atoms with E-state index in [-0.39, 0.29) is 24.0 Å². The van der Waals surface area contributed by atoms with Crippen LogP contribution in [0.15, 0.2) is 29.3 Å². The van der Waals surface area contributed by atoms with Crippen LogP contribution in [0.3, 0.4) is 0 Å². The number of hydrogen-bond acceptors (Lipinski definition) is 3. The first-order valence-electron chi connectivity index (χ1n) is 10.1. The van der Waals surface area contributed by atoms with E-state index in [2.05, 4.69) is 58.6 Å². The lowest BCUT2D eigenvalue weighted by Gasteiger charge is -2.30. The number of nitrogens with zero attached hydrogens (tertiary/aromatic N) is 2. The first-order valence-corrected chi connectivity index (χ1v) is 10.1. The Balaban J connectivity index is 0.00000364. The number of hydrogen-bond donors (Lipinski definition) is 2. The average molecular weight is 488 g/mol. The van der Waals surface area contributed by atoms with Crippen molar-refractivity contribution in [3.8, 4) is 0 Å². The van der Waals surface area contributed by atoms with Gasteiger partial charge in [0.15, 0.2) is 5.96 Å². The minimum atomic E-state index is 0. The second kappa shape index (κ2) is 14.2. The van der Waals surface area contributed by atoms with Crippen LogP contribution < -0.4 is 10.6 Å². The summed E-state index contributed by atoms with van der Waals surface area (Å²) >= 11 is 0. The molecule has 0 atom stereocenters. The Kier molecular flexibility index (Phi) is 12.7. The van der Waals surface area contributed by atoms with Crippen LogP contribution >= 0.6 is 24.0 Å². The molecule has 1 saturated heterocycles. The lowest BCUT2D eigenvalue weighted by Crippen LogP contribution is -2.39. The van der Waals surface area contributed by atoms with Gasteiger partial charge >= 0.3 is 0 Å². The van der Waals surface area contributed by atoms with Gasteiger partial charge in [-0.25, -0.2) is 4.99 Å². The van der Waals surface area contributed by atoms with Crippen molar-refractivity contribution < 1.29 is 4.74 Å². The van der Waals surface area contributed by atoms with Crippen molar-refractivity contribution in [3.05, 3.63) is 35.4 Å². The Labute approximate surface area is 182 Å². The quantitative estimate of drug-likeness (QED) is 0.241. The van der Waals surface area contributed by atoms with Gasteiger partial charge in [-0.1, -0.05) is 31.2 Å². The topological polar surface area (TPSA) is 48.9 Å². The molecule has 1 aliphatic rings. The molecule has 1 fully saturated rings. The summed E-state index contributed by atoms with van der Waals surface area (Å²) in [6, 6.07) is 8.90. The highest BCUT2D eigenvalue weighted by molar-refractivity contribution is 14.0. The Morgan fingerprint density at radius 2 is 1.78 bits per heavy atom. The summed E-state index contributed by atoms with van der Waals surface area (Å²) in [5.41, 5.74) is 2.64. The number of guanidine groups is 1. The van der Waals surface area contributed by atoms with E-state index in [9.17, 15) is 0 Å². The molecule has 27 heavy (non-hydrogen) atoms. The number of piperidine rings is 1. The molecule has 5 nitrogen and oxygen atoms in total. The zero-order valence-corrected chi connectivity index (χ0v) is 19.5. The Morgan fingerprint density at radius 1 is 1.11 bits per heavy atom. The van der Waals surface area contributed by atoms with Crippen molar-refractivity contribution in [1.82, 2.24) is 15.5 Å². The summed E-state index contributed by atoms with van der Waals surface area (Å²) in [7, 11) is 0. The maximum absolute atomic E-state index is 5.36. The lowest BCUT2D eigenvalue weighted by molar-refractivity contribution is 0.152. The van der Waals surface area contributed by atoms with Crippen LogP contribution in [-0.4, -0.2) is 50.3 Å². The minimum absolute atomic E-state index is 0. The number of nitrogens with one attached hydrogen (secondary N) is 2. The first kappa shape index (κ1) is 24.2. The molecule has 0 amide bonds. The molecule has 2 N–H and O–H groups in total. The van der Waals surface area contributed by atoms with Crippen LogP contribution in [-0.2, 0) is 17.8 Å². The van der Waals surface area contributed by atoms with Crippen molar-refractivity contribution in [1.29, 1.82) is 0 Å². The highest BCUT2D eigenvalue weighted by Gasteiger charge is 2.15. The van der Waals surface area contributed by atoms with Crippen molar-refractivity contribution >= 4 is 29.9 Å². The third-order valence-corrected chi connectivity index (χ3v) is 4.81. The predicted octanol–water partition coefficient (Wildman–Crippen LogP) is 3.63. The molecular weight excluding hydrogens is 451 g/mol. The zero-order chi connectivity index (χ0) is 18.6. The van der Waals surface area contributed by atoms with Gasteiger partial charge < -0.3 is 15.4 Å². The highest BCUT2D eigenvalue weighted by Crippen LogP contribution is 2.18. The van der Waals surface area contributed by atoms with E-state index in [1.165, 1.54) is 37.1 Å². The molecule has 6 heteroatoms. The fourth-order valence-electron chi connectivity index (χ4n) is 3.13. The average Bonchev–Trinajstić information content (AvgIpc) is 2.66. The van der Waals surface area contributed by atoms with E-state index < -0.39 is 0 Å². The Hall–Kier alpha value is -0.860. The second-order valence-electron chi connectivity index (χ2n) is 7.09. The van der Waals surface area contributed by atoms with Crippen molar-refractivity contribution in [2.24, 2.45) is 10.9 Å². The van der Waals surface area contributed by atoms with Gasteiger partial charge in [-0.2, -0.15) is 0 Å². The molecule has 0 saturated carbocycles. The monoisotopic (exact) mass is 488 g/mol. The molecule has 1 aromatic rings. The molecule has 0 radical (unpaired) electrons. The number of benzene rings is 1. The van der Waals surface area contributed by atoms with Gasteiger partial charge in [0.25, 0.3) is 0 Å². The van der Waals surface area contributed by atoms with Crippen molar-refractivity contribution in [2.75, 3.05) is 39.4 Å². The van der Waals surface area contributed by atoms with Gasteiger partial charge in [-0.05, 0) is 56.8 Å². The largest absolute Gasteiger partial charge is 0.380 e. The van der Waals surface area contributed by atoms with Crippen LogP contribution in [0.25, 0.3) is 0 Å². The summed E-state index contributed by atoms with van der Waals surface area (Å²) in [6.07, 6.45) is 2.66. The molecule has 0 spiro atoms. The lowest BCUT2D eigenvalue weighted by atomic mass is 9.99. The van der Waals surface area contributed by atoms with Crippen LogP contribution in [0.5, 0.6) is 0 Å². The molecule has 1 aromatic carbocycles. The van der Waals surface area contributed by atoms with Gasteiger partial charge in [0, 0.05) is 26.2 Å². The van der Waals surface area contributed by atoms with Gasteiger partial charge in [0.1, 0.15) is 0 Å². The first-order chi connectivity index (χ1) is 12.7. The molecule has 0 aliphatic carbocycles. The highest BCUT2D eigenvalue weighted by atomic mass is 127. The van der Waals surface area contributed by atoms with Gasteiger partial charge in [-0.15, -0.1) is 24.0 Å². The fourth-order valence-corrected chi connectivity index (χ4v) is 3.13. The van der Waals surface area contributed by atoms with E-state index in [4.69, 9.17) is 4.74 Å². The summed E-state index contributed by atoms with van der Waals surface area (Å²) < 4.78 is 5.36. The van der Waals surface area contributed by atoms with Gasteiger partial charge in [0.2, 0.25) is 0 Å². The maximum atomic E-state index is 5.36. The smallest absolute Gasteiger partial charge is 0.191 e. The van der Waals surface area contributed by atoms with Crippen LogP contribution in [0.1, 0.15) is 44.7 Å². The number of halogens is 1. The van der Waals surface area contributed by atoms with Crippen molar-refractivity contribution in [2.45, 2.75) is 46.7 Å². The molecule has 1 aliphatic heterocycles. The van der Waals surface area contributed by atoms with E-state index in [1.54, 1.807) is 0 Å². The van der Waals surface area contributed by atoms with E-state index in [0.29, 0.717) is 13.2 Å². The normalized spacial score (nSPS) is 16.0. The molecule has 2 rings (SSSR count). The summed E-state index contributed by atoms with van der Waals surface area (Å²) in [5, 5.41) is 6.58. The molecule has 0 bridgehead atoms. The number of likely N-dealkylation sites (tertiary alicyclic amines) is 1. The van der Waals surface area contributed by atoms with Crippen LogP contribution in [0, 0.1) is 5.92 Å². The number of aliphatic imine (C=N–C) groups is 1. The van der Waals surface area contributed by atoms with E-state index in [1.807, 2.05) is 6.92 Å². The fraction of sp³-hybridized carbons (Fsp3) is 0.667. The van der Waals surface area contributed by atoms with E-state index >= 15 is 0 Å². The summed E-state index contributed by atoms with van der Waals surface area (Å²) in [6.45, 7) is 13.7. The number of rotatable bonds is 9. The minimum Gasteiger partial charge on any atom is -0.380 e. The molecule has 1 heterocycles. The van der Waals surface area contributed by atoms with E-state index in [0.717, 1.165) is 38.1 Å². The van der Waals surface area contributed by atoms with Crippen molar-refractivity contribution in [3.63, 3.8) is 0 Å².